The molecule has 2 atom stereocenters. The van der Waals surface area contributed by atoms with Gasteiger partial charge in [0, 0.05) is 40.6 Å². The van der Waals surface area contributed by atoms with Crippen LogP contribution in [0.5, 0.6) is 0 Å². The Balaban J connectivity index is 1.63. The van der Waals surface area contributed by atoms with E-state index in [9.17, 15) is 4.79 Å². The molecule has 206 valence electrons. The lowest BCUT2D eigenvalue weighted by Gasteiger charge is -2.29. The fraction of sp³-hybridized carbons (Fsp3) is 0.303. The highest BCUT2D eigenvalue weighted by Crippen LogP contribution is 2.44. The summed E-state index contributed by atoms with van der Waals surface area (Å²) in [6.07, 6.45) is 2.79. The van der Waals surface area contributed by atoms with Crippen molar-refractivity contribution in [1.82, 2.24) is 14.9 Å². The minimum absolute atomic E-state index is 0.00195. The number of benzene rings is 2. The van der Waals surface area contributed by atoms with Gasteiger partial charge in [0.25, 0.3) is 0 Å². The SMILES string of the molecule is CCc1ccccc1-n1c(C)cc(C2C(c3ccccn3)NC(=S)N2c2ccc(NC(=O)C(C)C)c(C)c2)c1C. The zero-order chi connectivity index (χ0) is 28.6. The van der Waals surface area contributed by atoms with Crippen molar-refractivity contribution in [2.24, 2.45) is 5.92 Å². The molecule has 6 nitrogen and oxygen atoms in total. The summed E-state index contributed by atoms with van der Waals surface area (Å²) in [5.41, 5.74) is 9.77. The Bertz CT molecular complexity index is 1560. The van der Waals surface area contributed by atoms with Crippen LogP contribution in [0.4, 0.5) is 11.4 Å². The monoisotopic (exact) mass is 551 g/mol. The van der Waals surface area contributed by atoms with Gasteiger partial charge >= 0.3 is 0 Å². The number of thiocarbonyl (C=S) groups is 1. The molecule has 2 unspecified atom stereocenters. The largest absolute Gasteiger partial charge is 0.351 e. The average molecular weight is 552 g/mol. The van der Waals surface area contributed by atoms with Crippen molar-refractivity contribution in [2.75, 3.05) is 10.2 Å². The van der Waals surface area contributed by atoms with Crippen LogP contribution in [0.2, 0.25) is 0 Å². The van der Waals surface area contributed by atoms with E-state index >= 15 is 0 Å². The molecule has 0 aliphatic carbocycles. The lowest BCUT2D eigenvalue weighted by atomic mass is 9.96. The van der Waals surface area contributed by atoms with Crippen molar-refractivity contribution in [3.05, 3.63) is 107 Å². The second-order valence-electron chi connectivity index (χ2n) is 10.8. The molecule has 0 saturated carbocycles. The standard InChI is InChI=1S/C33H37N5OS/c1-7-24-12-8-9-14-29(24)37-22(5)19-26(23(37)6)31-30(28-13-10-11-17-34-28)36-33(40)38(31)25-15-16-27(21(4)18-25)35-32(39)20(2)3/h8-20,30-31H,7H2,1-6H3,(H,35,39)(H,36,40). The van der Waals surface area contributed by atoms with Crippen molar-refractivity contribution >= 4 is 34.6 Å². The number of para-hydroxylation sites is 1. The van der Waals surface area contributed by atoms with Crippen LogP contribution in [0.1, 0.15) is 66.6 Å². The second-order valence-corrected chi connectivity index (χ2v) is 11.2. The number of nitrogens with zero attached hydrogens (tertiary/aromatic N) is 3. The van der Waals surface area contributed by atoms with Crippen LogP contribution >= 0.6 is 12.2 Å². The molecule has 2 aromatic carbocycles. The number of pyridine rings is 1. The Kier molecular flexibility index (Phi) is 7.76. The van der Waals surface area contributed by atoms with Crippen LogP contribution in [-0.2, 0) is 11.2 Å². The fourth-order valence-electron chi connectivity index (χ4n) is 5.65. The smallest absolute Gasteiger partial charge is 0.226 e. The Labute approximate surface area is 242 Å². The van der Waals surface area contributed by atoms with Gasteiger partial charge in [-0.3, -0.25) is 9.78 Å². The van der Waals surface area contributed by atoms with Crippen molar-refractivity contribution in [1.29, 1.82) is 0 Å². The number of rotatable bonds is 7. The molecule has 0 radical (unpaired) electrons. The highest BCUT2D eigenvalue weighted by atomic mass is 32.1. The summed E-state index contributed by atoms with van der Waals surface area (Å²) < 4.78 is 2.36. The predicted octanol–water partition coefficient (Wildman–Crippen LogP) is 7.13. The third-order valence-corrected chi connectivity index (χ3v) is 8.09. The first-order valence-electron chi connectivity index (χ1n) is 13.9. The molecular weight excluding hydrogens is 514 g/mol. The highest BCUT2D eigenvalue weighted by molar-refractivity contribution is 7.80. The quantitative estimate of drug-likeness (QED) is 0.239. The first-order valence-corrected chi connectivity index (χ1v) is 14.3. The Morgan fingerprint density at radius 2 is 1.80 bits per heavy atom. The van der Waals surface area contributed by atoms with Gasteiger partial charge in [-0.25, -0.2) is 0 Å². The van der Waals surface area contributed by atoms with E-state index in [2.05, 4.69) is 83.3 Å². The fourth-order valence-corrected chi connectivity index (χ4v) is 6.00. The van der Waals surface area contributed by atoms with E-state index in [1.165, 1.54) is 28.2 Å². The van der Waals surface area contributed by atoms with Crippen LogP contribution in [0.3, 0.4) is 0 Å². The normalized spacial score (nSPS) is 16.9. The number of aryl methyl sites for hydroxylation is 3. The van der Waals surface area contributed by atoms with Crippen molar-refractivity contribution in [3.8, 4) is 5.69 Å². The summed E-state index contributed by atoms with van der Waals surface area (Å²) in [6, 6.07) is 22.8. The number of carbonyl (C=O) groups is 1. The Hall–Kier alpha value is -3.97. The van der Waals surface area contributed by atoms with E-state index in [0.717, 1.165) is 29.1 Å². The lowest BCUT2D eigenvalue weighted by molar-refractivity contribution is -0.118. The van der Waals surface area contributed by atoms with Crippen molar-refractivity contribution in [2.45, 2.75) is 60.0 Å². The molecule has 1 fully saturated rings. The van der Waals surface area contributed by atoms with E-state index in [1.807, 2.05) is 51.2 Å². The summed E-state index contributed by atoms with van der Waals surface area (Å²) in [5.74, 6) is -0.0897. The van der Waals surface area contributed by atoms with Gasteiger partial charge in [0.1, 0.15) is 0 Å². The van der Waals surface area contributed by atoms with E-state index in [1.54, 1.807) is 0 Å². The van der Waals surface area contributed by atoms with Gasteiger partial charge in [0.15, 0.2) is 5.11 Å². The maximum absolute atomic E-state index is 12.4. The lowest BCUT2D eigenvalue weighted by Crippen LogP contribution is -2.29. The van der Waals surface area contributed by atoms with Crippen LogP contribution in [0, 0.1) is 26.7 Å². The first kappa shape index (κ1) is 27.6. The number of hydrogen-bond donors (Lipinski definition) is 2. The number of anilines is 2. The molecule has 5 rings (SSSR count). The summed E-state index contributed by atoms with van der Waals surface area (Å²) in [7, 11) is 0. The number of nitrogens with one attached hydrogen (secondary N) is 2. The topological polar surface area (TPSA) is 62.2 Å². The van der Waals surface area contributed by atoms with E-state index in [0.29, 0.717) is 5.11 Å². The summed E-state index contributed by atoms with van der Waals surface area (Å²) in [5, 5.41) is 7.28. The van der Waals surface area contributed by atoms with Gasteiger partial charge < -0.3 is 20.1 Å². The van der Waals surface area contributed by atoms with Gasteiger partial charge in [-0.2, -0.15) is 0 Å². The van der Waals surface area contributed by atoms with Gasteiger partial charge in [0.2, 0.25) is 5.91 Å². The molecule has 0 spiro atoms. The summed E-state index contributed by atoms with van der Waals surface area (Å²) in [4.78, 5) is 19.3. The van der Waals surface area contributed by atoms with Crippen molar-refractivity contribution in [3.63, 3.8) is 0 Å². The molecule has 3 heterocycles. The Morgan fingerprint density at radius 3 is 2.48 bits per heavy atom. The van der Waals surface area contributed by atoms with Gasteiger partial charge in [0.05, 0.1) is 17.8 Å². The van der Waals surface area contributed by atoms with Crippen LogP contribution in [-0.4, -0.2) is 20.6 Å². The highest BCUT2D eigenvalue weighted by Gasteiger charge is 2.42. The number of aromatic nitrogens is 2. The summed E-state index contributed by atoms with van der Waals surface area (Å²) in [6.45, 7) is 12.4. The van der Waals surface area contributed by atoms with E-state index in [-0.39, 0.29) is 23.9 Å². The predicted molar refractivity (Wildman–Crippen MR) is 167 cm³/mol. The average Bonchev–Trinajstić information content (AvgIpc) is 3.44. The molecule has 4 aromatic rings. The van der Waals surface area contributed by atoms with Crippen molar-refractivity contribution < 1.29 is 4.79 Å². The molecule has 40 heavy (non-hydrogen) atoms. The minimum atomic E-state index is -0.135. The third-order valence-electron chi connectivity index (χ3n) is 7.77. The first-order chi connectivity index (χ1) is 19.2. The maximum Gasteiger partial charge on any atom is 0.226 e. The molecule has 1 aliphatic heterocycles. The molecule has 1 amide bonds. The van der Waals surface area contributed by atoms with Crippen LogP contribution in [0.15, 0.2) is 72.9 Å². The number of carbonyl (C=O) groups excluding carboxylic acids is 1. The molecule has 1 aliphatic rings. The van der Waals surface area contributed by atoms with E-state index < -0.39 is 0 Å². The molecular formula is C33H37N5OS. The zero-order valence-electron chi connectivity index (χ0n) is 24.0. The minimum Gasteiger partial charge on any atom is -0.351 e. The molecule has 2 N–H and O–H groups in total. The molecule has 2 aromatic heterocycles. The molecule has 0 bridgehead atoms. The third kappa shape index (κ3) is 5.02. The van der Waals surface area contributed by atoms with Gasteiger partial charge in [-0.05, 0) is 98.6 Å². The summed E-state index contributed by atoms with van der Waals surface area (Å²) >= 11 is 5.98. The second kappa shape index (κ2) is 11.3. The molecule has 1 saturated heterocycles. The van der Waals surface area contributed by atoms with Crippen LogP contribution < -0.4 is 15.5 Å². The zero-order valence-corrected chi connectivity index (χ0v) is 24.8. The van der Waals surface area contributed by atoms with E-state index in [4.69, 9.17) is 17.2 Å². The van der Waals surface area contributed by atoms with Crippen LogP contribution in [0.25, 0.3) is 5.69 Å². The molecule has 7 heteroatoms. The Morgan fingerprint density at radius 1 is 1.05 bits per heavy atom. The number of amides is 1. The maximum atomic E-state index is 12.4. The van der Waals surface area contributed by atoms with Gasteiger partial charge in [-0.1, -0.05) is 45.0 Å². The number of hydrogen-bond acceptors (Lipinski definition) is 3. The van der Waals surface area contributed by atoms with Gasteiger partial charge in [-0.15, -0.1) is 0 Å².